The standard InChI is InChI=1S/C19H27N3O2.HI/c1-13-6-8-16(12-18(13)23-5)10-11-21-19(20-4)22-15(3)17-9-7-14(2)24-17;/h6-9,12,15H,10-11H2,1-5H3,(H2,20,21,22);1H. The molecule has 2 aromatic rings. The zero-order chi connectivity index (χ0) is 17.5. The van der Waals surface area contributed by atoms with Gasteiger partial charge < -0.3 is 19.8 Å². The predicted molar refractivity (Wildman–Crippen MR) is 113 cm³/mol. The van der Waals surface area contributed by atoms with Crippen molar-refractivity contribution >= 4 is 29.9 Å². The van der Waals surface area contributed by atoms with Crippen LogP contribution in [0.4, 0.5) is 0 Å². The number of hydrogen-bond donors (Lipinski definition) is 2. The molecule has 1 aromatic heterocycles. The van der Waals surface area contributed by atoms with Crippen molar-refractivity contribution in [2.45, 2.75) is 33.2 Å². The summed E-state index contributed by atoms with van der Waals surface area (Å²) in [6.45, 7) is 6.83. The van der Waals surface area contributed by atoms with Crippen molar-refractivity contribution in [1.82, 2.24) is 10.6 Å². The molecule has 5 nitrogen and oxygen atoms in total. The molecule has 25 heavy (non-hydrogen) atoms. The van der Waals surface area contributed by atoms with Gasteiger partial charge in [0.2, 0.25) is 0 Å². The third-order valence-electron chi connectivity index (χ3n) is 3.94. The van der Waals surface area contributed by atoms with Gasteiger partial charge in [0.25, 0.3) is 0 Å². The number of aryl methyl sites for hydroxylation is 2. The largest absolute Gasteiger partial charge is 0.496 e. The monoisotopic (exact) mass is 457 g/mol. The second kappa shape index (κ2) is 10.3. The molecule has 1 unspecified atom stereocenters. The van der Waals surface area contributed by atoms with Crippen molar-refractivity contribution in [3.05, 3.63) is 53.0 Å². The minimum atomic E-state index is 0. The highest BCUT2D eigenvalue weighted by atomic mass is 127. The van der Waals surface area contributed by atoms with Crippen LogP contribution in [0.5, 0.6) is 5.75 Å². The Morgan fingerprint density at radius 3 is 2.60 bits per heavy atom. The van der Waals surface area contributed by atoms with Gasteiger partial charge in [0, 0.05) is 13.6 Å². The molecule has 0 saturated heterocycles. The summed E-state index contributed by atoms with van der Waals surface area (Å²) in [6, 6.07) is 10.3. The fourth-order valence-electron chi connectivity index (χ4n) is 2.50. The highest BCUT2D eigenvalue weighted by Crippen LogP contribution is 2.19. The van der Waals surface area contributed by atoms with Crippen LogP contribution in [0.25, 0.3) is 0 Å². The zero-order valence-electron chi connectivity index (χ0n) is 15.6. The lowest BCUT2D eigenvalue weighted by Gasteiger charge is -2.16. The number of methoxy groups -OCH3 is 1. The molecule has 138 valence electrons. The van der Waals surface area contributed by atoms with E-state index in [1.807, 2.05) is 26.0 Å². The van der Waals surface area contributed by atoms with E-state index in [4.69, 9.17) is 9.15 Å². The molecule has 0 spiro atoms. The second-order valence-corrected chi connectivity index (χ2v) is 5.87. The second-order valence-electron chi connectivity index (χ2n) is 5.87. The number of benzene rings is 1. The Morgan fingerprint density at radius 1 is 1.24 bits per heavy atom. The van der Waals surface area contributed by atoms with Crippen LogP contribution in [0.1, 0.15) is 35.6 Å². The van der Waals surface area contributed by atoms with Crippen LogP contribution in [0, 0.1) is 13.8 Å². The highest BCUT2D eigenvalue weighted by Gasteiger charge is 2.11. The molecule has 0 amide bonds. The van der Waals surface area contributed by atoms with Gasteiger partial charge in [0.1, 0.15) is 17.3 Å². The van der Waals surface area contributed by atoms with Gasteiger partial charge in [-0.2, -0.15) is 0 Å². The molecule has 0 aliphatic carbocycles. The van der Waals surface area contributed by atoms with Crippen molar-refractivity contribution in [2.75, 3.05) is 20.7 Å². The average Bonchev–Trinajstić information content (AvgIpc) is 3.01. The molecular formula is C19H28IN3O2. The van der Waals surface area contributed by atoms with E-state index < -0.39 is 0 Å². The Kier molecular flexibility index (Phi) is 8.82. The fraction of sp³-hybridized carbons (Fsp3) is 0.421. The van der Waals surface area contributed by atoms with Crippen LogP contribution >= 0.6 is 24.0 Å². The van der Waals surface area contributed by atoms with E-state index >= 15 is 0 Å². The molecule has 2 N–H and O–H groups in total. The minimum absolute atomic E-state index is 0. The summed E-state index contributed by atoms with van der Waals surface area (Å²) in [5.74, 6) is 3.50. The lowest BCUT2D eigenvalue weighted by molar-refractivity contribution is 0.411. The first kappa shape index (κ1) is 21.3. The molecule has 1 aromatic carbocycles. The average molecular weight is 457 g/mol. The molecule has 0 aliphatic heterocycles. The van der Waals surface area contributed by atoms with Crippen molar-refractivity contribution in [3.63, 3.8) is 0 Å². The molecule has 0 bridgehead atoms. The first-order valence-corrected chi connectivity index (χ1v) is 8.20. The SMILES string of the molecule is CN=C(NCCc1ccc(C)c(OC)c1)NC(C)c1ccc(C)o1.I. The highest BCUT2D eigenvalue weighted by molar-refractivity contribution is 14.0. The van der Waals surface area contributed by atoms with Gasteiger partial charge in [-0.3, -0.25) is 4.99 Å². The van der Waals surface area contributed by atoms with E-state index in [0.717, 1.165) is 41.8 Å². The smallest absolute Gasteiger partial charge is 0.191 e. The number of rotatable bonds is 6. The Hall–Kier alpha value is -1.70. The molecule has 2 rings (SSSR count). The Labute approximate surface area is 167 Å². The van der Waals surface area contributed by atoms with E-state index in [1.165, 1.54) is 5.56 Å². The van der Waals surface area contributed by atoms with Crippen molar-refractivity contribution in [3.8, 4) is 5.75 Å². The van der Waals surface area contributed by atoms with E-state index in [0.29, 0.717) is 0 Å². The van der Waals surface area contributed by atoms with E-state index in [-0.39, 0.29) is 30.0 Å². The van der Waals surface area contributed by atoms with Gasteiger partial charge in [-0.1, -0.05) is 12.1 Å². The summed E-state index contributed by atoms with van der Waals surface area (Å²) in [7, 11) is 3.47. The van der Waals surface area contributed by atoms with Crippen LogP contribution in [0.15, 0.2) is 39.7 Å². The zero-order valence-corrected chi connectivity index (χ0v) is 17.9. The maximum absolute atomic E-state index is 5.64. The number of nitrogens with one attached hydrogen (secondary N) is 2. The number of aliphatic imine (C=N–C) groups is 1. The topological polar surface area (TPSA) is 58.8 Å². The van der Waals surface area contributed by atoms with Gasteiger partial charge in [-0.05, 0) is 56.5 Å². The van der Waals surface area contributed by atoms with Crippen molar-refractivity contribution in [2.24, 2.45) is 4.99 Å². The molecule has 0 fully saturated rings. The maximum Gasteiger partial charge on any atom is 0.191 e. The number of furan rings is 1. The molecule has 0 saturated carbocycles. The van der Waals surface area contributed by atoms with Crippen LogP contribution in [-0.2, 0) is 6.42 Å². The Balaban J connectivity index is 0.00000312. The number of nitrogens with zero attached hydrogens (tertiary/aromatic N) is 1. The van der Waals surface area contributed by atoms with Crippen LogP contribution in [0.2, 0.25) is 0 Å². The number of guanidine groups is 1. The summed E-state index contributed by atoms with van der Waals surface area (Å²) in [5.41, 5.74) is 2.38. The number of halogens is 1. The number of hydrogen-bond acceptors (Lipinski definition) is 3. The molecule has 1 atom stereocenters. The fourth-order valence-corrected chi connectivity index (χ4v) is 2.50. The van der Waals surface area contributed by atoms with Crippen molar-refractivity contribution < 1.29 is 9.15 Å². The van der Waals surface area contributed by atoms with Gasteiger partial charge >= 0.3 is 0 Å². The molecule has 0 radical (unpaired) electrons. The van der Waals surface area contributed by atoms with Gasteiger partial charge in [0.15, 0.2) is 5.96 Å². The van der Waals surface area contributed by atoms with Crippen molar-refractivity contribution in [1.29, 1.82) is 0 Å². The van der Waals surface area contributed by atoms with Gasteiger partial charge in [0.05, 0.1) is 13.2 Å². The normalized spacial score (nSPS) is 12.3. The summed E-state index contributed by atoms with van der Waals surface area (Å²) in [6.07, 6.45) is 0.894. The predicted octanol–water partition coefficient (Wildman–Crippen LogP) is 3.99. The molecule has 0 aliphatic rings. The van der Waals surface area contributed by atoms with Gasteiger partial charge in [-0.25, -0.2) is 0 Å². The summed E-state index contributed by atoms with van der Waals surface area (Å²) in [5, 5.41) is 6.67. The number of ether oxygens (including phenoxy) is 1. The molecule has 1 heterocycles. The van der Waals surface area contributed by atoms with E-state index in [1.54, 1.807) is 14.2 Å². The third kappa shape index (κ3) is 6.26. The maximum atomic E-state index is 5.64. The minimum Gasteiger partial charge on any atom is -0.496 e. The summed E-state index contributed by atoms with van der Waals surface area (Å²) >= 11 is 0. The van der Waals surface area contributed by atoms with E-state index in [9.17, 15) is 0 Å². The lowest BCUT2D eigenvalue weighted by atomic mass is 10.1. The third-order valence-corrected chi connectivity index (χ3v) is 3.94. The lowest BCUT2D eigenvalue weighted by Crippen LogP contribution is -2.39. The van der Waals surface area contributed by atoms with Crippen LogP contribution in [0.3, 0.4) is 0 Å². The van der Waals surface area contributed by atoms with Crippen LogP contribution in [-0.4, -0.2) is 26.7 Å². The van der Waals surface area contributed by atoms with Gasteiger partial charge in [-0.15, -0.1) is 24.0 Å². The first-order chi connectivity index (χ1) is 11.5. The van der Waals surface area contributed by atoms with E-state index in [2.05, 4.69) is 40.7 Å². The van der Waals surface area contributed by atoms with Crippen LogP contribution < -0.4 is 15.4 Å². The quantitative estimate of drug-likeness (QED) is 0.391. The molecular weight excluding hydrogens is 429 g/mol. The first-order valence-electron chi connectivity index (χ1n) is 8.20. The summed E-state index contributed by atoms with van der Waals surface area (Å²) < 4.78 is 11.0. The molecule has 6 heteroatoms. The summed E-state index contributed by atoms with van der Waals surface area (Å²) in [4.78, 5) is 4.27. The Bertz CT molecular complexity index is 698. The Morgan fingerprint density at radius 2 is 2.00 bits per heavy atom.